The number of hydrogen-bond acceptors (Lipinski definition) is 3. The average Bonchev–Trinajstić information content (AvgIpc) is 3.71. The lowest BCUT2D eigenvalue weighted by Crippen LogP contribution is -1.97. The van der Waals surface area contributed by atoms with Crippen LogP contribution >= 0.6 is 0 Å². The first-order chi connectivity index (χ1) is 24.8. The first-order valence-corrected chi connectivity index (χ1v) is 16.9. The summed E-state index contributed by atoms with van der Waals surface area (Å²) in [6, 6.07) is 57.7. The molecule has 232 valence electrons. The van der Waals surface area contributed by atoms with Crippen LogP contribution in [0.3, 0.4) is 0 Å². The summed E-state index contributed by atoms with van der Waals surface area (Å²) >= 11 is 0. The summed E-state index contributed by atoms with van der Waals surface area (Å²) in [5.74, 6) is 0. The van der Waals surface area contributed by atoms with Crippen LogP contribution in [0.4, 0.5) is 0 Å². The molecule has 0 saturated carbocycles. The summed E-state index contributed by atoms with van der Waals surface area (Å²) in [7, 11) is 0. The van der Waals surface area contributed by atoms with Crippen molar-refractivity contribution in [1.29, 1.82) is 0 Å². The molecule has 50 heavy (non-hydrogen) atoms. The number of fused-ring (bicyclic) bond motifs is 11. The van der Waals surface area contributed by atoms with Gasteiger partial charge in [-0.2, -0.15) is 0 Å². The number of rotatable bonds is 3. The number of para-hydroxylation sites is 2. The van der Waals surface area contributed by atoms with E-state index in [2.05, 4.69) is 144 Å². The van der Waals surface area contributed by atoms with E-state index < -0.39 is 0 Å². The second kappa shape index (κ2) is 10.4. The second-order valence-corrected chi connectivity index (χ2v) is 13.0. The van der Waals surface area contributed by atoms with Crippen LogP contribution in [0.1, 0.15) is 0 Å². The summed E-state index contributed by atoms with van der Waals surface area (Å²) < 4.78 is 8.69. The third-order valence-electron chi connectivity index (χ3n) is 10.1. The summed E-state index contributed by atoms with van der Waals surface area (Å²) in [6.45, 7) is 0. The Kier molecular flexibility index (Phi) is 5.63. The van der Waals surface area contributed by atoms with E-state index in [0.29, 0.717) is 0 Å². The van der Waals surface area contributed by atoms with Gasteiger partial charge in [-0.3, -0.25) is 0 Å². The molecule has 11 rings (SSSR count). The van der Waals surface area contributed by atoms with E-state index in [4.69, 9.17) is 14.4 Å². The van der Waals surface area contributed by atoms with Crippen LogP contribution in [0.15, 0.2) is 168 Å². The van der Waals surface area contributed by atoms with Gasteiger partial charge in [0, 0.05) is 43.7 Å². The van der Waals surface area contributed by atoms with Gasteiger partial charge in [0.25, 0.3) is 0 Å². The molecule has 0 radical (unpaired) electrons. The minimum Gasteiger partial charge on any atom is -0.456 e. The lowest BCUT2D eigenvalue weighted by Gasteiger charge is -2.14. The van der Waals surface area contributed by atoms with Gasteiger partial charge in [-0.1, -0.05) is 121 Å². The van der Waals surface area contributed by atoms with Gasteiger partial charge in [0.1, 0.15) is 11.2 Å². The molecule has 0 aliphatic carbocycles. The fourth-order valence-electron chi connectivity index (χ4n) is 7.85. The molecule has 0 unspecified atom stereocenters. The molecule has 0 fully saturated rings. The first-order valence-electron chi connectivity index (χ1n) is 16.9. The molecule has 0 atom stereocenters. The van der Waals surface area contributed by atoms with Gasteiger partial charge < -0.3 is 8.98 Å². The Morgan fingerprint density at radius 3 is 1.92 bits per heavy atom. The zero-order valence-electron chi connectivity index (χ0n) is 26.8. The molecule has 11 aromatic rings. The smallest absolute Gasteiger partial charge is 0.136 e. The number of benzene rings is 8. The van der Waals surface area contributed by atoms with Crippen molar-refractivity contribution in [3.8, 4) is 28.2 Å². The highest BCUT2D eigenvalue weighted by molar-refractivity contribution is 6.20. The highest BCUT2D eigenvalue weighted by Crippen LogP contribution is 2.40. The molecule has 0 amide bonds. The molecule has 4 heteroatoms. The highest BCUT2D eigenvalue weighted by atomic mass is 16.3. The fraction of sp³-hybridized carbons (Fsp3) is 0. The molecular weight excluding hydrogens is 611 g/mol. The van der Waals surface area contributed by atoms with Crippen molar-refractivity contribution in [2.45, 2.75) is 0 Å². The molecule has 0 N–H and O–H groups in total. The van der Waals surface area contributed by atoms with Crippen molar-refractivity contribution < 1.29 is 4.42 Å². The predicted molar refractivity (Wildman–Crippen MR) is 207 cm³/mol. The standard InChI is InChI=1S/C46H27N3O/c1-3-11-29(12-4-1)44-45(30-13-5-2-6-14-30)48-46-38(47-44)24-21-28-19-20-31-25-32(22-23-33(31)43(28)46)49-39-17-9-7-15-34(39)36-27-42-37(26-40(36)49)35-16-8-10-18-41(35)50-42/h1-27H. The van der Waals surface area contributed by atoms with Crippen LogP contribution < -0.4 is 0 Å². The van der Waals surface area contributed by atoms with Crippen molar-refractivity contribution in [3.63, 3.8) is 0 Å². The van der Waals surface area contributed by atoms with Crippen LogP contribution in [-0.4, -0.2) is 14.5 Å². The topological polar surface area (TPSA) is 43.9 Å². The fourth-order valence-corrected chi connectivity index (χ4v) is 7.85. The van der Waals surface area contributed by atoms with Crippen molar-refractivity contribution >= 4 is 76.3 Å². The van der Waals surface area contributed by atoms with E-state index in [1.54, 1.807) is 0 Å². The molecule has 0 bridgehead atoms. The Balaban J connectivity index is 1.18. The number of hydrogen-bond donors (Lipinski definition) is 0. The number of furan rings is 1. The molecule has 0 aliphatic rings. The van der Waals surface area contributed by atoms with E-state index in [9.17, 15) is 0 Å². The zero-order valence-corrected chi connectivity index (χ0v) is 26.8. The first kappa shape index (κ1) is 27.2. The maximum Gasteiger partial charge on any atom is 0.136 e. The minimum atomic E-state index is 0.881. The SMILES string of the molecule is c1ccc(-c2nc3ccc4ccc5cc(-n6c7ccccc7c7cc8oc9ccccc9c8cc76)ccc5c4c3nc2-c2ccccc2)cc1. The molecule has 0 aliphatic heterocycles. The van der Waals surface area contributed by atoms with Crippen LogP contribution in [0.5, 0.6) is 0 Å². The van der Waals surface area contributed by atoms with Crippen LogP contribution in [0, 0.1) is 0 Å². The van der Waals surface area contributed by atoms with Crippen molar-refractivity contribution in [2.24, 2.45) is 0 Å². The lowest BCUT2D eigenvalue weighted by atomic mass is 9.98. The van der Waals surface area contributed by atoms with Crippen LogP contribution in [-0.2, 0) is 0 Å². The predicted octanol–water partition coefficient (Wildman–Crippen LogP) is 12.3. The zero-order chi connectivity index (χ0) is 32.8. The lowest BCUT2D eigenvalue weighted by molar-refractivity contribution is 0.669. The molecule has 3 aromatic heterocycles. The Hall–Kier alpha value is -6.78. The van der Waals surface area contributed by atoms with Gasteiger partial charge in [0.05, 0.1) is 33.5 Å². The Morgan fingerprint density at radius 2 is 1.10 bits per heavy atom. The van der Waals surface area contributed by atoms with Crippen LogP contribution in [0.2, 0.25) is 0 Å². The molecular formula is C46H27N3O. The Bertz CT molecular complexity index is 3140. The van der Waals surface area contributed by atoms with Crippen molar-refractivity contribution in [2.75, 3.05) is 0 Å². The van der Waals surface area contributed by atoms with E-state index >= 15 is 0 Å². The quantitative estimate of drug-likeness (QED) is 0.181. The van der Waals surface area contributed by atoms with Gasteiger partial charge in [0.2, 0.25) is 0 Å². The van der Waals surface area contributed by atoms with E-state index in [1.807, 2.05) is 24.3 Å². The van der Waals surface area contributed by atoms with Gasteiger partial charge in [-0.15, -0.1) is 0 Å². The molecule has 4 nitrogen and oxygen atoms in total. The average molecular weight is 638 g/mol. The highest BCUT2D eigenvalue weighted by Gasteiger charge is 2.19. The van der Waals surface area contributed by atoms with Crippen molar-refractivity contribution in [1.82, 2.24) is 14.5 Å². The van der Waals surface area contributed by atoms with E-state index in [0.717, 1.165) is 93.8 Å². The van der Waals surface area contributed by atoms with E-state index in [1.165, 1.54) is 10.8 Å². The minimum absolute atomic E-state index is 0.881. The van der Waals surface area contributed by atoms with E-state index in [-0.39, 0.29) is 0 Å². The maximum atomic E-state index is 6.31. The molecule has 8 aromatic carbocycles. The van der Waals surface area contributed by atoms with Gasteiger partial charge in [0.15, 0.2) is 0 Å². The van der Waals surface area contributed by atoms with Gasteiger partial charge >= 0.3 is 0 Å². The summed E-state index contributed by atoms with van der Waals surface area (Å²) in [6.07, 6.45) is 0. The van der Waals surface area contributed by atoms with Gasteiger partial charge in [-0.25, -0.2) is 9.97 Å². The molecule has 3 heterocycles. The molecule has 0 saturated heterocycles. The third kappa shape index (κ3) is 3.93. The monoisotopic (exact) mass is 637 g/mol. The number of nitrogens with zero attached hydrogens (tertiary/aromatic N) is 3. The number of aromatic nitrogens is 3. The summed E-state index contributed by atoms with van der Waals surface area (Å²) in [4.78, 5) is 10.7. The van der Waals surface area contributed by atoms with Gasteiger partial charge in [-0.05, 0) is 58.6 Å². The van der Waals surface area contributed by atoms with Crippen LogP contribution in [0.25, 0.3) is 105 Å². The summed E-state index contributed by atoms with van der Waals surface area (Å²) in [5, 5.41) is 9.19. The Morgan fingerprint density at radius 1 is 0.420 bits per heavy atom. The maximum absolute atomic E-state index is 6.31. The summed E-state index contributed by atoms with van der Waals surface area (Å²) in [5.41, 5.74) is 10.9. The Labute approximate surface area is 286 Å². The molecule has 0 spiro atoms. The largest absolute Gasteiger partial charge is 0.456 e. The third-order valence-corrected chi connectivity index (χ3v) is 10.1. The normalized spacial score (nSPS) is 12.0. The van der Waals surface area contributed by atoms with Crippen molar-refractivity contribution in [3.05, 3.63) is 164 Å². The second-order valence-electron chi connectivity index (χ2n) is 13.0.